The number of aromatic nitrogens is 4. The highest BCUT2D eigenvalue weighted by Gasteiger charge is 2.24. The summed E-state index contributed by atoms with van der Waals surface area (Å²) in [5.74, 6) is 0.958. The van der Waals surface area contributed by atoms with Gasteiger partial charge in [-0.05, 0) is 43.4 Å². The first-order chi connectivity index (χ1) is 13.3. The third-order valence-electron chi connectivity index (χ3n) is 4.56. The minimum atomic E-state index is -0.214. The molecule has 0 aliphatic heterocycles. The van der Waals surface area contributed by atoms with E-state index in [9.17, 15) is 4.79 Å². The summed E-state index contributed by atoms with van der Waals surface area (Å²) in [5, 5.41) is 2.86. The number of rotatable bonds is 5. The van der Waals surface area contributed by atoms with Crippen LogP contribution in [0.25, 0.3) is 11.3 Å². The van der Waals surface area contributed by atoms with Gasteiger partial charge in [-0.3, -0.25) is 4.79 Å². The van der Waals surface area contributed by atoms with Crippen LogP contribution in [0.2, 0.25) is 0 Å². The minimum Gasteiger partial charge on any atom is -0.492 e. The van der Waals surface area contributed by atoms with E-state index in [1.165, 1.54) is 6.33 Å². The van der Waals surface area contributed by atoms with Crippen molar-refractivity contribution in [3.8, 4) is 17.0 Å². The summed E-state index contributed by atoms with van der Waals surface area (Å²) in [6, 6.07) is 3.54. The summed E-state index contributed by atoms with van der Waals surface area (Å²) in [4.78, 5) is 29.0. The zero-order chi connectivity index (χ0) is 18.6. The number of aryl methyl sites for hydroxylation is 2. The summed E-state index contributed by atoms with van der Waals surface area (Å²) < 4.78 is 5.52. The van der Waals surface area contributed by atoms with Crippen LogP contribution in [0.4, 0.5) is 5.82 Å². The number of aromatic amines is 1. The Bertz CT molecular complexity index is 949. The SMILES string of the molecule is CCCOc1ccc(NC(=O)c2c[nH]c3c2-c2ncncc2CCC3)nc1. The van der Waals surface area contributed by atoms with Crippen molar-refractivity contribution in [2.75, 3.05) is 11.9 Å². The number of ether oxygens (including phenoxy) is 1. The summed E-state index contributed by atoms with van der Waals surface area (Å²) in [5.41, 5.74) is 4.37. The highest BCUT2D eigenvalue weighted by Crippen LogP contribution is 2.33. The molecule has 7 nitrogen and oxygen atoms in total. The smallest absolute Gasteiger partial charge is 0.259 e. The van der Waals surface area contributed by atoms with Crippen LogP contribution < -0.4 is 10.1 Å². The average molecular weight is 363 g/mol. The number of anilines is 1. The van der Waals surface area contributed by atoms with Crippen LogP contribution in [-0.2, 0) is 12.8 Å². The number of H-pyrrole nitrogens is 1. The molecule has 0 bridgehead atoms. The molecule has 3 aromatic rings. The second-order valence-electron chi connectivity index (χ2n) is 6.49. The quantitative estimate of drug-likeness (QED) is 0.725. The van der Waals surface area contributed by atoms with E-state index >= 15 is 0 Å². The van der Waals surface area contributed by atoms with Gasteiger partial charge in [-0.15, -0.1) is 0 Å². The van der Waals surface area contributed by atoms with Crippen LogP contribution in [0, 0.1) is 0 Å². The number of carbonyl (C=O) groups is 1. The predicted molar refractivity (Wildman–Crippen MR) is 102 cm³/mol. The summed E-state index contributed by atoms with van der Waals surface area (Å²) in [6.45, 7) is 2.69. The second kappa shape index (κ2) is 7.57. The Kier molecular flexibility index (Phi) is 4.82. The molecule has 3 aromatic heterocycles. The van der Waals surface area contributed by atoms with E-state index in [0.717, 1.165) is 48.2 Å². The lowest BCUT2D eigenvalue weighted by Crippen LogP contribution is -2.13. The van der Waals surface area contributed by atoms with Crippen LogP contribution in [0.15, 0.2) is 37.1 Å². The highest BCUT2D eigenvalue weighted by molar-refractivity contribution is 6.08. The minimum absolute atomic E-state index is 0.214. The largest absolute Gasteiger partial charge is 0.492 e. The number of carbonyl (C=O) groups excluding carboxylic acids is 1. The van der Waals surface area contributed by atoms with Gasteiger partial charge >= 0.3 is 0 Å². The standard InChI is InChI=1S/C20H21N5O2/c1-2-8-27-14-6-7-17(23-10-14)25-20(26)15-11-22-16-5-3-4-13-9-21-12-24-19(13)18(15)16/h6-7,9-12,22H,2-5,8H2,1H3,(H,23,25,26). The monoisotopic (exact) mass is 363 g/mol. The van der Waals surface area contributed by atoms with Crippen molar-refractivity contribution in [3.63, 3.8) is 0 Å². The van der Waals surface area contributed by atoms with Crippen molar-refractivity contribution in [2.45, 2.75) is 32.6 Å². The predicted octanol–water partition coefficient (Wildman–Crippen LogP) is 3.40. The van der Waals surface area contributed by atoms with Gasteiger partial charge < -0.3 is 15.0 Å². The number of hydrogen-bond acceptors (Lipinski definition) is 5. The molecule has 7 heteroatoms. The number of amides is 1. The third-order valence-corrected chi connectivity index (χ3v) is 4.56. The topological polar surface area (TPSA) is 92.8 Å². The van der Waals surface area contributed by atoms with Crippen molar-refractivity contribution in [3.05, 3.63) is 53.9 Å². The summed E-state index contributed by atoms with van der Waals surface area (Å²) >= 11 is 0. The molecule has 3 heterocycles. The molecule has 1 amide bonds. The van der Waals surface area contributed by atoms with Crippen LogP contribution in [0.1, 0.15) is 41.4 Å². The fourth-order valence-electron chi connectivity index (χ4n) is 3.28. The molecule has 0 saturated carbocycles. The fourth-order valence-corrected chi connectivity index (χ4v) is 3.28. The Morgan fingerprint density at radius 1 is 1.26 bits per heavy atom. The molecule has 4 rings (SSSR count). The van der Waals surface area contributed by atoms with Crippen molar-refractivity contribution < 1.29 is 9.53 Å². The molecule has 138 valence electrons. The molecule has 0 radical (unpaired) electrons. The molecule has 2 N–H and O–H groups in total. The highest BCUT2D eigenvalue weighted by atomic mass is 16.5. The molecule has 0 saturated heterocycles. The van der Waals surface area contributed by atoms with Crippen molar-refractivity contribution in [1.29, 1.82) is 0 Å². The van der Waals surface area contributed by atoms with Gasteiger partial charge in [-0.1, -0.05) is 6.92 Å². The first kappa shape index (κ1) is 17.2. The van der Waals surface area contributed by atoms with Crippen LogP contribution in [0.3, 0.4) is 0 Å². The number of nitrogens with zero attached hydrogens (tertiary/aromatic N) is 3. The van der Waals surface area contributed by atoms with Gasteiger partial charge in [0.15, 0.2) is 0 Å². The normalized spacial score (nSPS) is 12.6. The Balaban J connectivity index is 1.59. The van der Waals surface area contributed by atoms with E-state index in [0.29, 0.717) is 23.7 Å². The van der Waals surface area contributed by atoms with E-state index < -0.39 is 0 Å². The molecule has 0 spiro atoms. The van der Waals surface area contributed by atoms with Gasteiger partial charge in [0, 0.05) is 23.7 Å². The Labute approximate surface area is 157 Å². The third kappa shape index (κ3) is 3.53. The van der Waals surface area contributed by atoms with E-state index in [4.69, 9.17) is 4.74 Å². The molecule has 0 unspecified atom stereocenters. The number of pyridine rings is 1. The maximum absolute atomic E-state index is 12.9. The van der Waals surface area contributed by atoms with Gasteiger partial charge in [0.25, 0.3) is 5.91 Å². The zero-order valence-electron chi connectivity index (χ0n) is 15.2. The first-order valence-corrected chi connectivity index (χ1v) is 9.16. The molecule has 1 aliphatic carbocycles. The molecule has 27 heavy (non-hydrogen) atoms. The summed E-state index contributed by atoms with van der Waals surface area (Å²) in [7, 11) is 0. The zero-order valence-corrected chi connectivity index (χ0v) is 15.2. The van der Waals surface area contributed by atoms with E-state index in [1.54, 1.807) is 24.5 Å². The number of fused-ring (bicyclic) bond motifs is 3. The molecule has 1 aliphatic rings. The Morgan fingerprint density at radius 2 is 2.19 bits per heavy atom. The van der Waals surface area contributed by atoms with Crippen molar-refractivity contribution in [2.24, 2.45) is 0 Å². The van der Waals surface area contributed by atoms with E-state index in [2.05, 4.69) is 25.3 Å². The molecule has 0 aromatic carbocycles. The molecular formula is C20H21N5O2. The summed E-state index contributed by atoms with van der Waals surface area (Å²) in [6.07, 6.45) is 10.4. The number of hydrogen-bond donors (Lipinski definition) is 2. The maximum Gasteiger partial charge on any atom is 0.259 e. The van der Waals surface area contributed by atoms with Crippen molar-refractivity contribution in [1.82, 2.24) is 19.9 Å². The van der Waals surface area contributed by atoms with Crippen molar-refractivity contribution >= 4 is 11.7 Å². The maximum atomic E-state index is 12.9. The number of nitrogens with one attached hydrogen (secondary N) is 2. The average Bonchev–Trinajstić information content (AvgIpc) is 3.03. The second-order valence-corrected chi connectivity index (χ2v) is 6.49. The van der Waals surface area contributed by atoms with Gasteiger partial charge in [0.05, 0.1) is 24.1 Å². The first-order valence-electron chi connectivity index (χ1n) is 9.16. The lowest BCUT2D eigenvalue weighted by Gasteiger charge is -2.09. The lowest BCUT2D eigenvalue weighted by atomic mass is 10.0. The lowest BCUT2D eigenvalue weighted by molar-refractivity contribution is 0.102. The van der Waals surface area contributed by atoms with E-state index in [-0.39, 0.29) is 5.91 Å². The molecular weight excluding hydrogens is 342 g/mol. The molecule has 0 atom stereocenters. The molecule has 0 fully saturated rings. The van der Waals surface area contributed by atoms with E-state index in [1.807, 2.05) is 13.1 Å². The van der Waals surface area contributed by atoms with Crippen LogP contribution in [0.5, 0.6) is 5.75 Å². The van der Waals surface area contributed by atoms with Gasteiger partial charge in [-0.2, -0.15) is 0 Å². The Morgan fingerprint density at radius 3 is 3.00 bits per heavy atom. The van der Waals surface area contributed by atoms with Crippen LogP contribution in [-0.4, -0.2) is 32.4 Å². The van der Waals surface area contributed by atoms with Gasteiger partial charge in [0.2, 0.25) is 0 Å². The fraction of sp³-hybridized carbons (Fsp3) is 0.300. The van der Waals surface area contributed by atoms with Gasteiger partial charge in [-0.25, -0.2) is 15.0 Å². The van der Waals surface area contributed by atoms with Crippen LogP contribution >= 0.6 is 0 Å². The Hall–Kier alpha value is -3.22. The van der Waals surface area contributed by atoms with Gasteiger partial charge in [0.1, 0.15) is 17.9 Å².